The summed E-state index contributed by atoms with van der Waals surface area (Å²) in [7, 11) is -3.58. The minimum absolute atomic E-state index is 0.0704. The second-order valence-electron chi connectivity index (χ2n) is 8.49. The van der Waals surface area contributed by atoms with E-state index in [2.05, 4.69) is 15.6 Å². The number of nitrogens with one attached hydrogen (secondary N) is 2. The Hall–Kier alpha value is -4.21. The highest BCUT2D eigenvalue weighted by atomic mass is 35.5. The van der Waals surface area contributed by atoms with Crippen LogP contribution >= 0.6 is 11.6 Å². The maximum Gasteiger partial charge on any atom is 0.255 e. The van der Waals surface area contributed by atoms with Gasteiger partial charge in [-0.25, -0.2) is 8.42 Å². The van der Waals surface area contributed by atoms with E-state index in [1.165, 1.54) is 4.31 Å². The van der Waals surface area contributed by atoms with E-state index in [4.69, 9.17) is 11.6 Å². The smallest absolute Gasteiger partial charge is 0.255 e. The van der Waals surface area contributed by atoms with Crippen LogP contribution in [0.5, 0.6) is 0 Å². The number of halogens is 1. The molecular formula is C28H25ClN4O4S. The molecule has 10 heteroatoms. The minimum atomic E-state index is -3.58. The Morgan fingerprint density at radius 1 is 0.895 bits per heavy atom. The number of pyridine rings is 1. The van der Waals surface area contributed by atoms with E-state index in [9.17, 15) is 18.0 Å². The monoisotopic (exact) mass is 548 g/mol. The van der Waals surface area contributed by atoms with E-state index in [1.807, 2.05) is 6.07 Å². The third-order valence-corrected chi connectivity index (χ3v) is 7.01. The molecule has 38 heavy (non-hydrogen) atoms. The van der Waals surface area contributed by atoms with E-state index < -0.39 is 15.9 Å². The quantitative estimate of drug-likeness (QED) is 0.310. The molecule has 0 aliphatic rings. The Balaban J connectivity index is 1.45. The number of para-hydroxylation sites is 1. The fourth-order valence-corrected chi connectivity index (χ4v) is 4.79. The number of carbonyl (C=O) groups excluding carboxylic acids is 2. The predicted octanol–water partition coefficient (Wildman–Crippen LogP) is 4.88. The number of benzene rings is 3. The lowest BCUT2D eigenvalue weighted by Gasteiger charge is -2.22. The van der Waals surface area contributed by atoms with Gasteiger partial charge in [0.1, 0.15) is 0 Å². The zero-order valence-electron chi connectivity index (χ0n) is 20.5. The highest BCUT2D eigenvalue weighted by Crippen LogP contribution is 2.24. The summed E-state index contributed by atoms with van der Waals surface area (Å²) in [6.45, 7) is 0.372. The van der Waals surface area contributed by atoms with Crippen molar-refractivity contribution in [3.05, 3.63) is 125 Å². The van der Waals surface area contributed by atoms with Gasteiger partial charge in [0.2, 0.25) is 10.0 Å². The molecule has 1 heterocycles. The van der Waals surface area contributed by atoms with Crippen LogP contribution in [0.15, 0.2) is 97.3 Å². The molecule has 4 aromatic rings. The van der Waals surface area contributed by atoms with Crippen LogP contribution in [0.25, 0.3) is 0 Å². The number of anilines is 2. The Morgan fingerprint density at radius 3 is 2.34 bits per heavy atom. The summed E-state index contributed by atoms with van der Waals surface area (Å²) in [4.78, 5) is 29.8. The van der Waals surface area contributed by atoms with Crippen LogP contribution in [0.3, 0.4) is 0 Å². The van der Waals surface area contributed by atoms with Crippen molar-refractivity contribution in [2.45, 2.75) is 13.1 Å². The molecule has 8 nitrogen and oxygen atoms in total. The number of amides is 2. The van der Waals surface area contributed by atoms with Gasteiger partial charge in [-0.05, 0) is 59.7 Å². The van der Waals surface area contributed by atoms with Gasteiger partial charge in [-0.1, -0.05) is 48.0 Å². The third kappa shape index (κ3) is 6.96. The fourth-order valence-electron chi connectivity index (χ4n) is 3.72. The molecule has 0 bridgehead atoms. The zero-order valence-corrected chi connectivity index (χ0v) is 22.0. The highest BCUT2D eigenvalue weighted by Gasteiger charge is 2.19. The number of sulfonamides is 1. The first-order valence-electron chi connectivity index (χ1n) is 11.6. The predicted molar refractivity (Wildman–Crippen MR) is 149 cm³/mol. The SMILES string of the molecule is CS(=O)(=O)N(Cc1ccc(C(=O)Nc2ccccc2C(=O)NCc2cccnc2)cc1)c1cccc(Cl)c1. The molecule has 4 rings (SSSR count). The van der Waals surface area contributed by atoms with Gasteiger partial charge in [-0.2, -0.15) is 0 Å². The zero-order chi connectivity index (χ0) is 27.1. The van der Waals surface area contributed by atoms with E-state index >= 15 is 0 Å². The van der Waals surface area contributed by atoms with Gasteiger partial charge >= 0.3 is 0 Å². The summed E-state index contributed by atoms with van der Waals surface area (Å²) < 4.78 is 26.1. The molecule has 0 aliphatic carbocycles. The number of carbonyl (C=O) groups is 2. The van der Waals surface area contributed by atoms with Crippen molar-refractivity contribution in [1.29, 1.82) is 0 Å². The van der Waals surface area contributed by atoms with Crippen molar-refractivity contribution < 1.29 is 18.0 Å². The molecule has 0 unspecified atom stereocenters. The Kier molecular flexibility index (Phi) is 8.40. The van der Waals surface area contributed by atoms with Crippen LogP contribution in [0.1, 0.15) is 31.8 Å². The Morgan fingerprint density at radius 2 is 1.66 bits per heavy atom. The molecular weight excluding hydrogens is 524 g/mol. The van der Waals surface area contributed by atoms with Gasteiger partial charge < -0.3 is 10.6 Å². The summed E-state index contributed by atoms with van der Waals surface area (Å²) >= 11 is 6.05. The first kappa shape index (κ1) is 26.8. The molecule has 2 amide bonds. The molecule has 0 spiro atoms. The van der Waals surface area contributed by atoms with E-state index in [1.54, 1.807) is 91.3 Å². The van der Waals surface area contributed by atoms with Gasteiger partial charge in [-0.15, -0.1) is 0 Å². The normalized spacial score (nSPS) is 11.0. The van der Waals surface area contributed by atoms with Crippen molar-refractivity contribution in [1.82, 2.24) is 10.3 Å². The second kappa shape index (κ2) is 11.9. The van der Waals surface area contributed by atoms with Crippen LogP contribution in [0.4, 0.5) is 11.4 Å². The molecule has 1 aromatic heterocycles. The van der Waals surface area contributed by atoms with Gasteiger partial charge in [0, 0.05) is 29.5 Å². The first-order chi connectivity index (χ1) is 18.2. The molecule has 0 radical (unpaired) electrons. The van der Waals surface area contributed by atoms with Crippen molar-refractivity contribution in [3.8, 4) is 0 Å². The minimum Gasteiger partial charge on any atom is -0.348 e. The topological polar surface area (TPSA) is 108 Å². The number of rotatable bonds is 9. The largest absolute Gasteiger partial charge is 0.348 e. The Labute approximate surface area is 226 Å². The molecule has 0 saturated carbocycles. The van der Waals surface area contributed by atoms with Crippen molar-refractivity contribution in [2.75, 3.05) is 15.9 Å². The lowest BCUT2D eigenvalue weighted by Crippen LogP contribution is -2.29. The fraction of sp³-hybridized carbons (Fsp3) is 0.107. The van der Waals surface area contributed by atoms with Crippen molar-refractivity contribution in [3.63, 3.8) is 0 Å². The molecule has 0 atom stereocenters. The van der Waals surface area contributed by atoms with Crippen LogP contribution in [0, 0.1) is 0 Å². The highest BCUT2D eigenvalue weighted by molar-refractivity contribution is 7.92. The number of hydrogen-bond acceptors (Lipinski definition) is 5. The van der Waals surface area contributed by atoms with Crippen LogP contribution < -0.4 is 14.9 Å². The van der Waals surface area contributed by atoms with Crippen LogP contribution in [-0.2, 0) is 23.1 Å². The average molecular weight is 549 g/mol. The first-order valence-corrected chi connectivity index (χ1v) is 13.8. The van der Waals surface area contributed by atoms with Gasteiger partial charge in [0.25, 0.3) is 11.8 Å². The molecule has 2 N–H and O–H groups in total. The molecule has 3 aromatic carbocycles. The third-order valence-electron chi connectivity index (χ3n) is 5.63. The molecule has 0 fully saturated rings. The lowest BCUT2D eigenvalue weighted by molar-refractivity contribution is 0.0951. The maximum absolute atomic E-state index is 12.9. The number of aromatic nitrogens is 1. The Bertz CT molecular complexity index is 1540. The van der Waals surface area contributed by atoms with E-state index in [-0.39, 0.29) is 12.5 Å². The number of nitrogens with zero attached hydrogens (tertiary/aromatic N) is 2. The van der Waals surface area contributed by atoms with Crippen LogP contribution in [0.2, 0.25) is 5.02 Å². The second-order valence-corrected chi connectivity index (χ2v) is 10.8. The van der Waals surface area contributed by atoms with Crippen molar-refractivity contribution >= 4 is 44.8 Å². The summed E-state index contributed by atoms with van der Waals surface area (Å²) in [6.07, 6.45) is 4.45. The summed E-state index contributed by atoms with van der Waals surface area (Å²) in [5, 5.41) is 6.05. The maximum atomic E-state index is 12.9. The van der Waals surface area contributed by atoms with Gasteiger partial charge in [0.05, 0.1) is 29.7 Å². The summed E-state index contributed by atoms with van der Waals surface area (Å²) in [6, 6.07) is 23.5. The van der Waals surface area contributed by atoms with Gasteiger partial charge in [-0.3, -0.25) is 18.9 Å². The van der Waals surface area contributed by atoms with E-state index in [0.717, 1.165) is 11.8 Å². The van der Waals surface area contributed by atoms with E-state index in [0.29, 0.717) is 39.6 Å². The summed E-state index contributed by atoms with van der Waals surface area (Å²) in [5.41, 5.74) is 3.03. The molecule has 0 aliphatic heterocycles. The summed E-state index contributed by atoms with van der Waals surface area (Å²) in [5.74, 6) is -0.735. The molecule has 194 valence electrons. The van der Waals surface area contributed by atoms with Gasteiger partial charge in [0.15, 0.2) is 0 Å². The standard InChI is InChI=1S/C28H25ClN4O4S/c1-38(36,37)33(24-8-4-7-23(29)16-24)19-20-11-13-22(14-12-20)27(34)32-26-10-3-2-9-25(26)28(35)31-18-21-6-5-15-30-17-21/h2-17H,18-19H2,1H3,(H,31,35)(H,32,34). The average Bonchev–Trinajstić information content (AvgIpc) is 2.91. The van der Waals surface area contributed by atoms with Crippen LogP contribution in [-0.4, -0.2) is 31.5 Å². The molecule has 0 saturated heterocycles. The van der Waals surface area contributed by atoms with Crippen molar-refractivity contribution in [2.24, 2.45) is 0 Å². The lowest BCUT2D eigenvalue weighted by atomic mass is 10.1. The number of hydrogen-bond donors (Lipinski definition) is 2.